The molecule has 6 nitrogen and oxygen atoms in total. The molecular formula is C17H20ClN3O3. The van der Waals surface area contributed by atoms with E-state index in [1.165, 1.54) is 4.68 Å². The number of aromatic nitrogens is 2. The van der Waals surface area contributed by atoms with Crippen molar-refractivity contribution in [2.24, 2.45) is 7.05 Å². The predicted molar refractivity (Wildman–Crippen MR) is 92.3 cm³/mol. The van der Waals surface area contributed by atoms with Crippen LogP contribution in [0.15, 0.2) is 24.3 Å². The van der Waals surface area contributed by atoms with Gasteiger partial charge >= 0.3 is 5.97 Å². The minimum absolute atomic E-state index is 0.196. The number of nitrogens with zero attached hydrogens (tertiary/aromatic N) is 2. The van der Waals surface area contributed by atoms with Crippen molar-refractivity contribution in [2.75, 3.05) is 11.9 Å². The van der Waals surface area contributed by atoms with Gasteiger partial charge in [-0.1, -0.05) is 23.7 Å². The quantitative estimate of drug-likeness (QED) is 0.813. The van der Waals surface area contributed by atoms with Crippen LogP contribution in [-0.2, 0) is 23.0 Å². The number of carbonyl (C=O) groups is 2. The second-order valence-electron chi connectivity index (χ2n) is 5.33. The maximum Gasteiger partial charge on any atom is 0.343 e. The van der Waals surface area contributed by atoms with E-state index in [4.69, 9.17) is 16.3 Å². The summed E-state index contributed by atoms with van der Waals surface area (Å²) < 4.78 is 6.50. The molecule has 0 bridgehead atoms. The van der Waals surface area contributed by atoms with E-state index in [1.54, 1.807) is 33.0 Å². The molecule has 7 heteroatoms. The summed E-state index contributed by atoms with van der Waals surface area (Å²) in [5, 5.41) is 7.60. The van der Waals surface area contributed by atoms with E-state index in [0.29, 0.717) is 28.5 Å². The number of esters is 1. The highest BCUT2D eigenvalue weighted by atomic mass is 35.5. The summed E-state index contributed by atoms with van der Waals surface area (Å²) in [5.41, 5.74) is 1.82. The van der Waals surface area contributed by atoms with Gasteiger partial charge in [0.2, 0.25) is 5.91 Å². The Morgan fingerprint density at radius 2 is 1.96 bits per heavy atom. The third-order valence-corrected chi connectivity index (χ3v) is 3.77. The van der Waals surface area contributed by atoms with Crippen molar-refractivity contribution in [2.45, 2.75) is 26.7 Å². The van der Waals surface area contributed by atoms with Crippen LogP contribution in [0.3, 0.4) is 0 Å². The number of benzene rings is 1. The third-order valence-electron chi connectivity index (χ3n) is 3.51. The molecule has 0 radical (unpaired) electrons. The van der Waals surface area contributed by atoms with Crippen LogP contribution in [0.5, 0.6) is 0 Å². The van der Waals surface area contributed by atoms with Gasteiger partial charge in [0, 0.05) is 18.5 Å². The lowest BCUT2D eigenvalue weighted by atomic mass is 10.1. The highest BCUT2D eigenvalue weighted by Gasteiger charge is 2.22. The Hall–Kier alpha value is -2.34. The minimum Gasteiger partial charge on any atom is -0.462 e. The van der Waals surface area contributed by atoms with Crippen molar-refractivity contribution in [3.8, 4) is 0 Å². The van der Waals surface area contributed by atoms with Crippen LogP contribution < -0.4 is 5.32 Å². The number of carbonyl (C=O) groups excluding carboxylic acids is 2. The number of anilines is 1. The van der Waals surface area contributed by atoms with Crippen LogP contribution in [0, 0.1) is 6.92 Å². The zero-order valence-corrected chi connectivity index (χ0v) is 14.7. The lowest BCUT2D eigenvalue weighted by Gasteiger charge is -2.08. The summed E-state index contributed by atoms with van der Waals surface area (Å²) in [4.78, 5) is 24.3. The number of ether oxygens (including phenoxy) is 1. The van der Waals surface area contributed by atoms with Crippen LogP contribution in [0.25, 0.3) is 0 Å². The molecule has 1 heterocycles. The van der Waals surface area contributed by atoms with Crippen molar-refractivity contribution < 1.29 is 14.3 Å². The number of amides is 1. The molecule has 0 spiro atoms. The van der Waals surface area contributed by atoms with Gasteiger partial charge in [-0.15, -0.1) is 0 Å². The lowest BCUT2D eigenvalue weighted by molar-refractivity contribution is -0.116. The Labute approximate surface area is 145 Å². The van der Waals surface area contributed by atoms with Crippen molar-refractivity contribution in [3.63, 3.8) is 0 Å². The zero-order valence-electron chi connectivity index (χ0n) is 13.9. The molecule has 0 saturated carbocycles. The molecule has 1 N–H and O–H groups in total. The van der Waals surface area contributed by atoms with Crippen LogP contribution in [0.1, 0.15) is 35.0 Å². The number of rotatable bonds is 6. The number of nitrogens with one attached hydrogen (secondary N) is 1. The van der Waals surface area contributed by atoms with Crippen molar-refractivity contribution in [3.05, 3.63) is 46.1 Å². The average molecular weight is 350 g/mol. The topological polar surface area (TPSA) is 73.2 Å². The molecule has 1 aromatic heterocycles. The van der Waals surface area contributed by atoms with Crippen molar-refractivity contribution >= 4 is 29.3 Å². The Morgan fingerprint density at radius 1 is 1.29 bits per heavy atom. The zero-order chi connectivity index (χ0) is 17.7. The van der Waals surface area contributed by atoms with E-state index in [1.807, 2.05) is 12.1 Å². The fraction of sp³-hybridized carbons (Fsp3) is 0.353. The summed E-state index contributed by atoms with van der Waals surface area (Å²) >= 11 is 5.84. The SMILES string of the molecule is CCOC(=O)c1c(C)nn(C)c1NC(=O)CCc1ccc(Cl)cc1. The van der Waals surface area contributed by atoms with E-state index in [2.05, 4.69) is 10.4 Å². The molecule has 0 aliphatic carbocycles. The van der Waals surface area contributed by atoms with Gasteiger partial charge in [-0.05, 0) is 38.0 Å². The monoisotopic (exact) mass is 349 g/mol. The lowest BCUT2D eigenvalue weighted by Crippen LogP contribution is -2.18. The average Bonchev–Trinajstić information content (AvgIpc) is 2.81. The van der Waals surface area contributed by atoms with Crippen LogP contribution in [-0.4, -0.2) is 28.3 Å². The first kappa shape index (κ1) is 18.0. The number of halogens is 1. The van der Waals surface area contributed by atoms with Crippen LogP contribution in [0.2, 0.25) is 5.02 Å². The first-order valence-corrected chi connectivity index (χ1v) is 8.05. The first-order chi connectivity index (χ1) is 11.4. The molecule has 1 aromatic carbocycles. The van der Waals surface area contributed by atoms with Crippen molar-refractivity contribution in [1.29, 1.82) is 0 Å². The highest BCUT2D eigenvalue weighted by molar-refractivity contribution is 6.30. The maximum absolute atomic E-state index is 12.2. The highest BCUT2D eigenvalue weighted by Crippen LogP contribution is 2.20. The Morgan fingerprint density at radius 3 is 2.58 bits per heavy atom. The molecule has 2 rings (SSSR count). The number of hydrogen-bond donors (Lipinski definition) is 1. The summed E-state index contributed by atoms with van der Waals surface area (Å²) in [5.74, 6) is -0.332. The standard InChI is InChI=1S/C17H20ClN3O3/c1-4-24-17(23)15-11(2)20-21(3)16(15)19-14(22)10-7-12-5-8-13(18)9-6-12/h5-6,8-9H,4,7,10H2,1-3H3,(H,19,22). The van der Waals surface area contributed by atoms with Gasteiger partial charge in [-0.2, -0.15) is 5.10 Å². The van der Waals surface area contributed by atoms with E-state index in [-0.39, 0.29) is 18.9 Å². The van der Waals surface area contributed by atoms with Crippen LogP contribution >= 0.6 is 11.6 Å². The van der Waals surface area contributed by atoms with Crippen molar-refractivity contribution in [1.82, 2.24) is 9.78 Å². The summed E-state index contributed by atoms with van der Waals surface area (Å²) in [6, 6.07) is 7.35. The molecule has 2 aromatic rings. The first-order valence-electron chi connectivity index (χ1n) is 7.67. The molecule has 0 saturated heterocycles. The fourth-order valence-electron chi connectivity index (χ4n) is 2.35. The second kappa shape index (κ2) is 7.97. The second-order valence-corrected chi connectivity index (χ2v) is 5.76. The molecule has 0 fully saturated rings. The predicted octanol–water partition coefficient (Wildman–Crippen LogP) is 3.13. The van der Waals surface area contributed by atoms with Gasteiger partial charge in [-0.25, -0.2) is 4.79 Å². The molecule has 24 heavy (non-hydrogen) atoms. The Kier molecular flexibility index (Phi) is 5.98. The molecule has 0 unspecified atom stereocenters. The van der Waals surface area contributed by atoms with Crippen LogP contribution in [0.4, 0.5) is 5.82 Å². The molecule has 128 valence electrons. The molecular weight excluding hydrogens is 330 g/mol. The summed E-state index contributed by atoms with van der Waals surface area (Å²) in [6.45, 7) is 3.70. The van der Waals surface area contributed by atoms with Gasteiger partial charge in [0.15, 0.2) is 0 Å². The number of aryl methyl sites for hydroxylation is 3. The molecule has 0 aliphatic rings. The molecule has 1 amide bonds. The van der Waals surface area contributed by atoms with E-state index < -0.39 is 5.97 Å². The molecule has 0 aliphatic heterocycles. The van der Waals surface area contributed by atoms with E-state index in [9.17, 15) is 9.59 Å². The summed E-state index contributed by atoms with van der Waals surface area (Å²) in [6.07, 6.45) is 0.864. The molecule has 0 atom stereocenters. The van der Waals surface area contributed by atoms with E-state index >= 15 is 0 Å². The van der Waals surface area contributed by atoms with Gasteiger partial charge in [0.25, 0.3) is 0 Å². The Bertz CT molecular complexity index is 738. The van der Waals surface area contributed by atoms with Gasteiger partial charge in [0.05, 0.1) is 12.3 Å². The maximum atomic E-state index is 12.2. The van der Waals surface area contributed by atoms with E-state index in [0.717, 1.165) is 5.56 Å². The van der Waals surface area contributed by atoms with Gasteiger partial charge in [0.1, 0.15) is 11.4 Å². The normalized spacial score (nSPS) is 10.5. The van der Waals surface area contributed by atoms with Gasteiger partial charge in [-0.3, -0.25) is 9.48 Å². The largest absolute Gasteiger partial charge is 0.462 e. The minimum atomic E-state index is -0.490. The Balaban J connectivity index is 2.05. The fourth-order valence-corrected chi connectivity index (χ4v) is 2.48. The summed E-state index contributed by atoms with van der Waals surface area (Å²) in [7, 11) is 1.67. The number of hydrogen-bond acceptors (Lipinski definition) is 4. The smallest absolute Gasteiger partial charge is 0.343 e. The third kappa shape index (κ3) is 4.35. The van der Waals surface area contributed by atoms with Gasteiger partial charge < -0.3 is 10.1 Å².